The van der Waals surface area contributed by atoms with Gasteiger partial charge in [-0.25, -0.2) is 0 Å². The van der Waals surface area contributed by atoms with Gasteiger partial charge in [0.25, 0.3) is 0 Å². The average molecular weight is 1190 g/mol. The van der Waals surface area contributed by atoms with Crippen LogP contribution in [0.5, 0.6) is 0 Å². The van der Waals surface area contributed by atoms with Crippen molar-refractivity contribution in [1.82, 2.24) is 5.32 Å². The van der Waals surface area contributed by atoms with Crippen molar-refractivity contribution < 1.29 is 64.6 Å². The maximum Gasteiger partial charge on any atom is 0.220 e. The van der Waals surface area contributed by atoms with Crippen LogP contribution in [-0.2, 0) is 23.7 Å². The summed E-state index contributed by atoms with van der Waals surface area (Å²) >= 11 is 0. The smallest absolute Gasteiger partial charge is 0.220 e. The van der Waals surface area contributed by atoms with Crippen LogP contribution >= 0.6 is 0 Å². The van der Waals surface area contributed by atoms with Gasteiger partial charge in [0.05, 0.1) is 32.0 Å². The van der Waals surface area contributed by atoms with Gasteiger partial charge in [0.1, 0.15) is 48.8 Å². The largest absolute Gasteiger partial charge is 0.394 e. The molecular formula is C70H125NO13. The molecule has 2 saturated heterocycles. The van der Waals surface area contributed by atoms with Crippen molar-refractivity contribution in [2.75, 3.05) is 19.8 Å². The molecule has 14 heteroatoms. The van der Waals surface area contributed by atoms with Gasteiger partial charge in [-0.1, -0.05) is 254 Å². The molecule has 2 fully saturated rings. The monoisotopic (exact) mass is 1190 g/mol. The molecule has 14 nitrogen and oxygen atoms in total. The Morgan fingerprint density at radius 3 is 1.27 bits per heavy atom. The highest BCUT2D eigenvalue weighted by Crippen LogP contribution is 2.30. The van der Waals surface area contributed by atoms with Crippen molar-refractivity contribution in [2.45, 2.75) is 344 Å². The molecule has 0 spiro atoms. The Labute approximate surface area is 510 Å². The zero-order chi connectivity index (χ0) is 60.9. The quantitative estimate of drug-likeness (QED) is 0.0204. The third-order valence-electron chi connectivity index (χ3n) is 16.3. The molecule has 0 aromatic carbocycles. The topological polar surface area (TPSA) is 228 Å². The van der Waals surface area contributed by atoms with Crippen molar-refractivity contribution in [1.29, 1.82) is 0 Å². The summed E-state index contributed by atoms with van der Waals surface area (Å²) in [6.07, 6.45) is 57.0. The second kappa shape index (κ2) is 54.6. The van der Waals surface area contributed by atoms with Crippen LogP contribution in [0.25, 0.3) is 0 Å². The number of aliphatic hydroxyl groups excluding tert-OH is 8. The summed E-state index contributed by atoms with van der Waals surface area (Å²) in [5.41, 5.74) is 0. The van der Waals surface area contributed by atoms with E-state index >= 15 is 0 Å². The predicted molar refractivity (Wildman–Crippen MR) is 341 cm³/mol. The van der Waals surface area contributed by atoms with E-state index in [2.05, 4.69) is 79.9 Å². The standard InChI is InChI=1S/C70H125NO13/c1-3-5-7-9-11-13-15-17-18-19-20-21-22-23-24-25-26-27-28-29-30-31-32-33-34-35-36-37-38-39-40-42-44-46-48-50-52-54-62(75)71-58(59(74)53-51-49-47-45-43-41-16-14-12-10-8-6-4-2)57-81-69-67(80)65(78)68(61(56-73)83-69)84-70-66(79)64(77)63(76)60(55-72)82-70/h12,14-15,17,19-20,22-23,43,45,51,53,58-61,63-70,72-74,76-80H,3-11,13,16,18,21,24-42,44,46-50,52,54-57H2,1-2H3,(H,71,75)/b14-12+,17-15-,20-19-,23-22-,45-43+,53-51+. The van der Waals surface area contributed by atoms with Gasteiger partial charge in [0, 0.05) is 6.42 Å². The third-order valence-corrected chi connectivity index (χ3v) is 16.3. The van der Waals surface area contributed by atoms with Crippen molar-refractivity contribution in [3.63, 3.8) is 0 Å². The highest BCUT2D eigenvalue weighted by Gasteiger charge is 2.51. The SMILES string of the molecule is CCCCC/C=C/CC/C=C/CC/C=C/C(O)C(COC1OC(CO)C(OC2OC(CO)C(O)C(O)C2O)C(O)C1O)NC(=O)CCCCCCCCCCCCCCCCCCCCCCCC/C=C\C/C=C\C/C=C\CCCCCCC. The van der Waals surface area contributed by atoms with Gasteiger partial charge in [-0.3, -0.25) is 4.79 Å². The van der Waals surface area contributed by atoms with E-state index < -0.39 is 86.8 Å². The van der Waals surface area contributed by atoms with Crippen molar-refractivity contribution in [3.05, 3.63) is 72.9 Å². The van der Waals surface area contributed by atoms with Gasteiger partial charge in [0.15, 0.2) is 12.6 Å². The fourth-order valence-corrected chi connectivity index (χ4v) is 10.9. The third kappa shape index (κ3) is 38.7. The summed E-state index contributed by atoms with van der Waals surface area (Å²) in [6.45, 7) is 2.73. The van der Waals surface area contributed by atoms with Gasteiger partial charge in [-0.15, -0.1) is 0 Å². The van der Waals surface area contributed by atoms with E-state index in [0.717, 1.165) is 57.8 Å². The van der Waals surface area contributed by atoms with Gasteiger partial charge in [-0.05, 0) is 83.5 Å². The van der Waals surface area contributed by atoms with E-state index in [0.29, 0.717) is 12.8 Å². The number of hydrogen-bond acceptors (Lipinski definition) is 13. The summed E-state index contributed by atoms with van der Waals surface area (Å²) in [5, 5.41) is 87.1. The molecular weight excluding hydrogens is 1060 g/mol. The fourth-order valence-electron chi connectivity index (χ4n) is 10.9. The zero-order valence-corrected chi connectivity index (χ0v) is 52.9. The van der Waals surface area contributed by atoms with Crippen LogP contribution in [0.15, 0.2) is 72.9 Å². The average Bonchev–Trinajstić information content (AvgIpc) is 3.52. The first kappa shape index (κ1) is 77.5. The minimum Gasteiger partial charge on any atom is -0.394 e. The van der Waals surface area contributed by atoms with E-state index in [4.69, 9.17) is 18.9 Å². The van der Waals surface area contributed by atoms with Gasteiger partial charge >= 0.3 is 0 Å². The lowest BCUT2D eigenvalue weighted by molar-refractivity contribution is -0.359. The lowest BCUT2D eigenvalue weighted by Gasteiger charge is -2.46. The van der Waals surface area contributed by atoms with E-state index in [1.54, 1.807) is 6.08 Å². The number of ether oxygens (including phenoxy) is 4. The number of hydrogen-bond donors (Lipinski definition) is 9. The predicted octanol–water partition coefficient (Wildman–Crippen LogP) is 13.5. The van der Waals surface area contributed by atoms with Crippen LogP contribution < -0.4 is 5.32 Å². The van der Waals surface area contributed by atoms with Crippen LogP contribution in [0, 0.1) is 0 Å². The van der Waals surface area contributed by atoms with Crippen molar-refractivity contribution in [3.8, 4) is 0 Å². The molecule has 9 N–H and O–H groups in total. The Morgan fingerprint density at radius 1 is 0.429 bits per heavy atom. The Hall–Kier alpha value is -2.57. The Bertz CT molecular complexity index is 1690. The lowest BCUT2D eigenvalue weighted by atomic mass is 9.97. The van der Waals surface area contributed by atoms with Gasteiger partial charge < -0.3 is 65.1 Å². The number of aliphatic hydroxyl groups is 8. The minimum atomic E-state index is -1.79. The molecule has 84 heavy (non-hydrogen) atoms. The molecule has 12 atom stereocenters. The summed E-state index contributed by atoms with van der Waals surface area (Å²) < 4.78 is 22.8. The maximum atomic E-state index is 13.3. The van der Waals surface area contributed by atoms with Crippen LogP contribution in [0.3, 0.4) is 0 Å². The summed E-state index contributed by atoms with van der Waals surface area (Å²) in [7, 11) is 0. The zero-order valence-electron chi connectivity index (χ0n) is 52.9. The van der Waals surface area contributed by atoms with Crippen molar-refractivity contribution in [2.24, 2.45) is 0 Å². The first-order valence-corrected chi connectivity index (χ1v) is 34.2. The lowest BCUT2D eigenvalue weighted by Crippen LogP contribution is -2.65. The molecule has 0 bridgehead atoms. The first-order chi connectivity index (χ1) is 41.1. The molecule has 0 saturated carbocycles. The molecule has 0 radical (unpaired) electrons. The number of rotatable bonds is 55. The molecule has 2 aliphatic rings. The molecule has 1 amide bonds. The second-order valence-corrected chi connectivity index (χ2v) is 23.9. The van der Waals surface area contributed by atoms with Crippen LogP contribution in [0.4, 0.5) is 0 Å². The van der Waals surface area contributed by atoms with E-state index in [1.807, 2.05) is 6.08 Å². The van der Waals surface area contributed by atoms with Crippen molar-refractivity contribution >= 4 is 5.91 Å². The fraction of sp³-hybridized carbons (Fsp3) is 0.814. The van der Waals surface area contributed by atoms with Crippen LogP contribution in [-0.4, -0.2) is 140 Å². The number of allylic oxidation sites excluding steroid dienone is 11. The molecule has 2 heterocycles. The van der Waals surface area contributed by atoms with Gasteiger partial charge in [-0.2, -0.15) is 0 Å². The molecule has 0 aliphatic carbocycles. The van der Waals surface area contributed by atoms with Gasteiger partial charge in [0.2, 0.25) is 5.91 Å². The van der Waals surface area contributed by atoms with E-state index in [9.17, 15) is 45.6 Å². The normalized spacial score (nSPS) is 24.1. The molecule has 2 aliphatic heterocycles. The number of carbonyl (C=O) groups is 1. The highest BCUT2D eigenvalue weighted by molar-refractivity contribution is 5.76. The Kier molecular flexibility index (Phi) is 50.4. The molecule has 0 aromatic rings. The molecule has 488 valence electrons. The first-order valence-electron chi connectivity index (χ1n) is 34.2. The summed E-state index contributed by atoms with van der Waals surface area (Å²) in [4.78, 5) is 13.3. The van der Waals surface area contributed by atoms with E-state index in [-0.39, 0.29) is 18.9 Å². The highest BCUT2D eigenvalue weighted by atomic mass is 16.7. The maximum absolute atomic E-state index is 13.3. The number of carbonyl (C=O) groups excluding carboxylic acids is 1. The van der Waals surface area contributed by atoms with E-state index in [1.165, 1.54) is 180 Å². The number of unbranched alkanes of at least 4 members (excludes halogenated alkanes) is 32. The second-order valence-electron chi connectivity index (χ2n) is 23.9. The number of nitrogens with one attached hydrogen (secondary N) is 1. The summed E-state index contributed by atoms with van der Waals surface area (Å²) in [5.74, 6) is -0.253. The number of amides is 1. The molecule has 2 rings (SSSR count). The minimum absolute atomic E-state index is 0.253. The molecule has 12 unspecified atom stereocenters. The van der Waals surface area contributed by atoms with Crippen LogP contribution in [0.1, 0.15) is 271 Å². The Morgan fingerprint density at radius 2 is 0.798 bits per heavy atom. The Balaban J connectivity index is 1.58. The van der Waals surface area contributed by atoms with Crippen LogP contribution in [0.2, 0.25) is 0 Å². The molecule has 0 aromatic heterocycles. The summed E-state index contributed by atoms with van der Waals surface area (Å²) in [6, 6.07) is -0.938.